The van der Waals surface area contributed by atoms with Crippen LogP contribution in [0.1, 0.15) is 24.8 Å². The first-order valence-electron chi connectivity index (χ1n) is 8.72. The van der Waals surface area contributed by atoms with Gasteiger partial charge in [-0.2, -0.15) is 0 Å². The van der Waals surface area contributed by atoms with E-state index in [1.165, 1.54) is 11.6 Å². The van der Waals surface area contributed by atoms with E-state index in [9.17, 15) is 4.39 Å². The first kappa shape index (κ1) is 15.5. The molecular weight excluding hydrogens is 303 g/mol. The standard InChI is InChI=1S/C20H23FN2O/c21-17-7-4-8-18-19(17)24-20(9-12-22-18)10-13-23(14-11-20)15-16-5-2-1-3-6-16/h1-8,22H,9-15H2. The van der Waals surface area contributed by atoms with Crippen molar-refractivity contribution < 1.29 is 9.13 Å². The lowest BCUT2D eigenvalue weighted by Crippen LogP contribution is -2.48. The highest BCUT2D eigenvalue weighted by molar-refractivity contribution is 5.57. The second-order valence-corrected chi connectivity index (χ2v) is 6.84. The number of ether oxygens (including phenoxy) is 1. The van der Waals surface area contributed by atoms with E-state index >= 15 is 0 Å². The van der Waals surface area contributed by atoms with Gasteiger partial charge in [-0.3, -0.25) is 4.90 Å². The summed E-state index contributed by atoms with van der Waals surface area (Å²) in [6.07, 6.45) is 2.80. The molecule has 2 aromatic rings. The number of anilines is 1. The Bertz CT molecular complexity index is 696. The highest BCUT2D eigenvalue weighted by atomic mass is 19.1. The molecule has 0 atom stereocenters. The zero-order valence-corrected chi connectivity index (χ0v) is 13.8. The summed E-state index contributed by atoms with van der Waals surface area (Å²) in [6.45, 7) is 3.77. The number of fused-ring (bicyclic) bond motifs is 1. The number of nitrogens with zero attached hydrogens (tertiary/aromatic N) is 1. The van der Waals surface area contributed by atoms with E-state index in [0.29, 0.717) is 5.75 Å². The van der Waals surface area contributed by atoms with E-state index in [4.69, 9.17) is 4.74 Å². The normalized spacial score (nSPS) is 19.9. The molecule has 0 unspecified atom stereocenters. The van der Waals surface area contributed by atoms with E-state index in [1.807, 2.05) is 12.1 Å². The molecule has 4 heteroatoms. The third kappa shape index (κ3) is 3.11. The fraction of sp³-hybridized carbons (Fsp3) is 0.400. The minimum absolute atomic E-state index is 0.242. The molecule has 0 saturated carbocycles. The van der Waals surface area contributed by atoms with Crippen LogP contribution in [0.15, 0.2) is 48.5 Å². The van der Waals surface area contributed by atoms with Gasteiger partial charge in [-0.15, -0.1) is 0 Å². The largest absolute Gasteiger partial charge is 0.482 e. The van der Waals surface area contributed by atoms with E-state index in [0.717, 1.165) is 51.1 Å². The third-order valence-electron chi connectivity index (χ3n) is 5.20. The number of piperidine rings is 1. The summed E-state index contributed by atoms with van der Waals surface area (Å²) in [5, 5.41) is 3.31. The number of nitrogens with one attached hydrogen (secondary N) is 1. The number of benzene rings is 2. The molecule has 2 aromatic carbocycles. The second kappa shape index (κ2) is 6.44. The van der Waals surface area contributed by atoms with Gasteiger partial charge in [0.2, 0.25) is 0 Å². The Kier molecular flexibility index (Phi) is 4.15. The molecule has 1 fully saturated rings. The Balaban J connectivity index is 1.45. The van der Waals surface area contributed by atoms with Crippen molar-refractivity contribution >= 4 is 5.69 Å². The van der Waals surface area contributed by atoms with Crippen LogP contribution in [0.4, 0.5) is 10.1 Å². The fourth-order valence-electron chi connectivity index (χ4n) is 3.76. The molecule has 2 heterocycles. The summed E-state index contributed by atoms with van der Waals surface area (Å²) in [6, 6.07) is 15.6. The maximum absolute atomic E-state index is 14.2. The number of halogens is 1. The van der Waals surface area contributed by atoms with E-state index in [2.05, 4.69) is 34.5 Å². The molecule has 0 bridgehead atoms. The van der Waals surface area contributed by atoms with Crippen LogP contribution in [0.3, 0.4) is 0 Å². The molecular formula is C20H23FN2O. The number of hydrogen-bond donors (Lipinski definition) is 1. The van der Waals surface area contributed by atoms with Crippen LogP contribution in [0.5, 0.6) is 5.75 Å². The van der Waals surface area contributed by atoms with Gasteiger partial charge in [0.05, 0.1) is 5.69 Å². The van der Waals surface area contributed by atoms with Crippen molar-refractivity contribution in [3.63, 3.8) is 0 Å². The van der Waals surface area contributed by atoms with Gasteiger partial charge in [0.25, 0.3) is 0 Å². The topological polar surface area (TPSA) is 24.5 Å². The van der Waals surface area contributed by atoms with E-state index in [-0.39, 0.29) is 11.4 Å². The lowest BCUT2D eigenvalue weighted by atomic mass is 9.87. The molecule has 1 N–H and O–H groups in total. The van der Waals surface area contributed by atoms with Gasteiger partial charge in [-0.05, 0) is 30.5 Å². The van der Waals surface area contributed by atoms with Gasteiger partial charge < -0.3 is 10.1 Å². The molecule has 2 aliphatic heterocycles. The molecule has 4 rings (SSSR count). The van der Waals surface area contributed by atoms with Crippen molar-refractivity contribution in [2.45, 2.75) is 31.4 Å². The first-order valence-corrected chi connectivity index (χ1v) is 8.72. The van der Waals surface area contributed by atoms with Gasteiger partial charge >= 0.3 is 0 Å². The van der Waals surface area contributed by atoms with Crippen LogP contribution in [-0.2, 0) is 6.54 Å². The summed E-state index contributed by atoms with van der Waals surface area (Å²) in [4.78, 5) is 2.46. The van der Waals surface area contributed by atoms with Crippen LogP contribution in [0.25, 0.3) is 0 Å². The zero-order chi connectivity index (χ0) is 16.4. The molecule has 0 amide bonds. The van der Waals surface area contributed by atoms with Crippen LogP contribution in [0, 0.1) is 5.82 Å². The summed E-state index contributed by atoms with van der Waals surface area (Å²) >= 11 is 0. The van der Waals surface area contributed by atoms with Gasteiger partial charge in [0.1, 0.15) is 5.60 Å². The lowest BCUT2D eigenvalue weighted by molar-refractivity contribution is -0.00435. The summed E-state index contributed by atoms with van der Waals surface area (Å²) in [5.74, 6) is 0.125. The lowest BCUT2D eigenvalue weighted by Gasteiger charge is -2.41. The molecule has 0 radical (unpaired) electrons. The summed E-state index contributed by atoms with van der Waals surface area (Å²) in [5.41, 5.74) is 1.88. The van der Waals surface area contributed by atoms with Crippen molar-refractivity contribution in [1.29, 1.82) is 0 Å². The molecule has 0 aromatic heterocycles. The van der Waals surface area contributed by atoms with Crippen LogP contribution < -0.4 is 10.1 Å². The molecule has 126 valence electrons. The number of likely N-dealkylation sites (tertiary alicyclic amines) is 1. The van der Waals surface area contributed by atoms with Crippen LogP contribution in [0.2, 0.25) is 0 Å². The van der Waals surface area contributed by atoms with Crippen molar-refractivity contribution in [3.05, 3.63) is 59.9 Å². The molecule has 1 spiro atoms. The maximum Gasteiger partial charge on any atom is 0.178 e. The molecule has 2 aliphatic rings. The predicted molar refractivity (Wildman–Crippen MR) is 93.8 cm³/mol. The number of para-hydroxylation sites is 1. The molecule has 0 aliphatic carbocycles. The SMILES string of the molecule is Fc1cccc2c1OC1(CCN2)CCN(Cc2ccccc2)CC1. The fourth-order valence-corrected chi connectivity index (χ4v) is 3.76. The number of rotatable bonds is 2. The average molecular weight is 326 g/mol. The Morgan fingerprint density at radius 3 is 2.58 bits per heavy atom. The smallest absolute Gasteiger partial charge is 0.178 e. The van der Waals surface area contributed by atoms with Crippen LogP contribution >= 0.6 is 0 Å². The third-order valence-corrected chi connectivity index (χ3v) is 5.20. The first-order chi connectivity index (χ1) is 11.7. The van der Waals surface area contributed by atoms with Gasteiger partial charge in [-0.25, -0.2) is 4.39 Å². The zero-order valence-electron chi connectivity index (χ0n) is 13.8. The Morgan fingerprint density at radius 2 is 1.79 bits per heavy atom. The minimum atomic E-state index is -0.270. The van der Waals surface area contributed by atoms with Gasteiger partial charge in [0, 0.05) is 32.6 Å². The van der Waals surface area contributed by atoms with Gasteiger partial charge in [0.15, 0.2) is 11.6 Å². The van der Waals surface area contributed by atoms with E-state index < -0.39 is 0 Å². The minimum Gasteiger partial charge on any atom is -0.482 e. The Morgan fingerprint density at radius 1 is 1.00 bits per heavy atom. The van der Waals surface area contributed by atoms with Crippen molar-refractivity contribution in [2.75, 3.05) is 25.0 Å². The average Bonchev–Trinajstić information content (AvgIpc) is 2.79. The maximum atomic E-state index is 14.2. The summed E-state index contributed by atoms with van der Waals surface area (Å²) in [7, 11) is 0. The predicted octanol–water partition coefficient (Wildman–Crippen LogP) is 4.05. The van der Waals surface area contributed by atoms with Crippen LogP contribution in [-0.4, -0.2) is 30.1 Å². The Hall–Kier alpha value is -2.07. The van der Waals surface area contributed by atoms with Gasteiger partial charge in [-0.1, -0.05) is 36.4 Å². The van der Waals surface area contributed by atoms with Crippen molar-refractivity contribution in [3.8, 4) is 5.75 Å². The van der Waals surface area contributed by atoms with Crippen molar-refractivity contribution in [2.24, 2.45) is 0 Å². The van der Waals surface area contributed by atoms with Crippen molar-refractivity contribution in [1.82, 2.24) is 4.90 Å². The quantitative estimate of drug-likeness (QED) is 0.901. The molecule has 3 nitrogen and oxygen atoms in total. The second-order valence-electron chi connectivity index (χ2n) is 6.84. The summed E-state index contributed by atoms with van der Waals surface area (Å²) < 4.78 is 20.4. The van der Waals surface area contributed by atoms with E-state index in [1.54, 1.807) is 6.07 Å². The number of hydrogen-bond acceptors (Lipinski definition) is 3. The Labute approximate surface area is 142 Å². The highest BCUT2D eigenvalue weighted by Crippen LogP contribution is 2.39. The molecule has 1 saturated heterocycles. The monoisotopic (exact) mass is 326 g/mol. The molecule has 24 heavy (non-hydrogen) atoms. The highest BCUT2D eigenvalue weighted by Gasteiger charge is 2.39.